The Hall–Kier alpha value is -2.38. The van der Waals surface area contributed by atoms with E-state index in [1.807, 2.05) is 49.5 Å². The Labute approximate surface area is 167 Å². The maximum atomic E-state index is 12.3. The molecule has 5 nitrogen and oxygen atoms in total. The predicted octanol–water partition coefficient (Wildman–Crippen LogP) is 4.65. The van der Waals surface area contributed by atoms with Crippen LogP contribution >= 0.6 is 23.1 Å². The van der Waals surface area contributed by atoms with Crippen LogP contribution < -0.4 is 5.32 Å². The van der Waals surface area contributed by atoms with Gasteiger partial charge in [0.2, 0.25) is 11.0 Å². The van der Waals surface area contributed by atoms with Crippen LogP contribution in [0.15, 0.2) is 52.9 Å². The van der Waals surface area contributed by atoms with E-state index in [4.69, 9.17) is 0 Å². The van der Waals surface area contributed by atoms with Crippen LogP contribution in [0.25, 0.3) is 0 Å². The molecule has 0 bridgehead atoms. The summed E-state index contributed by atoms with van der Waals surface area (Å²) in [5.74, 6) is 0.421. The van der Waals surface area contributed by atoms with Gasteiger partial charge in [0.25, 0.3) is 0 Å². The maximum Gasteiger partial charge on any atom is 0.233 e. The number of hydrogen-bond acceptors (Lipinski definition) is 6. The van der Waals surface area contributed by atoms with Crippen molar-refractivity contribution in [2.75, 3.05) is 18.1 Å². The lowest BCUT2D eigenvalue weighted by Gasteiger charge is -2.16. The molecule has 27 heavy (non-hydrogen) atoms. The van der Waals surface area contributed by atoms with E-state index >= 15 is 0 Å². The minimum Gasteiger partial charge on any atom is -0.341 e. The van der Waals surface area contributed by atoms with E-state index in [1.54, 1.807) is 4.90 Å². The summed E-state index contributed by atoms with van der Waals surface area (Å²) >= 11 is 2.88. The highest BCUT2D eigenvalue weighted by Crippen LogP contribution is 2.29. The zero-order chi connectivity index (χ0) is 19.2. The summed E-state index contributed by atoms with van der Waals surface area (Å²) in [5, 5.41) is 12.4. The Morgan fingerprint density at radius 1 is 1.11 bits per heavy atom. The van der Waals surface area contributed by atoms with E-state index in [9.17, 15) is 4.79 Å². The molecule has 140 valence electrons. The number of anilines is 2. The van der Waals surface area contributed by atoms with E-state index in [-0.39, 0.29) is 5.91 Å². The molecule has 3 rings (SSSR count). The fraction of sp³-hybridized carbons (Fsp3) is 0.250. The topological polar surface area (TPSA) is 58.1 Å². The molecule has 0 spiro atoms. The van der Waals surface area contributed by atoms with Crippen molar-refractivity contribution in [1.82, 2.24) is 15.1 Å². The van der Waals surface area contributed by atoms with Crippen LogP contribution in [0.2, 0.25) is 0 Å². The van der Waals surface area contributed by atoms with Crippen LogP contribution in [-0.4, -0.2) is 33.8 Å². The first kappa shape index (κ1) is 19.4. The molecule has 2 aromatic carbocycles. The quantitative estimate of drug-likeness (QED) is 0.587. The maximum absolute atomic E-state index is 12.3. The van der Waals surface area contributed by atoms with E-state index in [0.717, 1.165) is 20.7 Å². The number of aromatic nitrogens is 2. The van der Waals surface area contributed by atoms with Gasteiger partial charge in [0, 0.05) is 19.3 Å². The second-order valence-electron chi connectivity index (χ2n) is 6.27. The van der Waals surface area contributed by atoms with Gasteiger partial charge in [0.05, 0.1) is 5.75 Å². The molecule has 1 amide bonds. The third-order valence-electron chi connectivity index (χ3n) is 4.26. The van der Waals surface area contributed by atoms with Gasteiger partial charge < -0.3 is 10.2 Å². The lowest BCUT2D eigenvalue weighted by atomic mass is 10.1. The highest BCUT2D eigenvalue weighted by molar-refractivity contribution is 8.01. The summed E-state index contributed by atoms with van der Waals surface area (Å²) in [4.78, 5) is 14.1. The predicted molar refractivity (Wildman–Crippen MR) is 113 cm³/mol. The minimum absolute atomic E-state index is 0.0723. The number of benzene rings is 2. The zero-order valence-electron chi connectivity index (χ0n) is 15.6. The van der Waals surface area contributed by atoms with Crippen LogP contribution in [0.1, 0.15) is 16.7 Å². The first-order valence-electron chi connectivity index (χ1n) is 8.60. The molecule has 1 aromatic heterocycles. The number of nitrogens with zero attached hydrogens (tertiary/aromatic N) is 3. The Bertz CT molecular complexity index is 911. The van der Waals surface area contributed by atoms with Crippen molar-refractivity contribution in [2.45, 2.75) is 24.7 Å². The molecule has 0 saturated heterocycles. The van der Waals surface area contributed by atoms with Crippen molar-refractivity contribution in [3.05, 3.63) is 65.2 Å². The van der Waals surface area contributed by atoms with Gasteiger partial charge in [-0.05, 0) is 36.6 Å². The molecule has 0 aliphatic rings. The second kappa shape index (κ2) is 9.01. The smallest absolute Gasteiger partial charge is 0.233 e. The van der Waals surface area contributed by atoms with Crippen molar-refractivity contribution >= 4 is 39.8 Å². The van der Waals surface area contributed by atoms with Crippen LogP contribution in [-0.2, 0) is 11.3 Å². The van der Waals surface area contributed by atoms with Gasteiger partial charge in [0.1, 0.15) is 0 Å². The molecule has 7 heteroatoms. The number of nitrogens with one attached hydrogen (secondary N) is 1. The van der Waals surface area contributed by atoms with E-state index < -0.39 is 0 Å². The summed E-state index contributed by atoms with van der Waals surface area (Å²) in [6.45, 7) is 4.77. The van der Waals surface area contributed by atoms with Gasteiger partial charge in [0.15, 0.2) is 4.34 Å². The number of carbonyl (C=O) groups excluding carboxylic acids is 1. The number of carbonyl (C=O) groups is 1. The minimum atomic E-state index is 0.0723. The monoisotopic (exact) mass is 398 g/mol. The summed E-state index contributed by atoms with van der Waals surface area (Å²) < 4.78 is 0.782. The van der Waals surface area contributed by atoms with Crippen LogP contribution in [0.4, 0.5) is 10.8 Å². The van der Waals surface area contributed by atoms with Crippen molar-refractivity contribution in [1.29, 1.82) is 0 Å². The standard InChI is InChI=1S/C20H22N4OS2/c1-14-8-7-11-17(15(14)2)21-19-22-23-20(27-19)26-13-18(25)24(3)12-16-9-5-4-6-10-16/h4-11H,12-13H2,1-3H3,(H,21,22). The van der Waals surface area contributed by atoms with E-state index in [1.165, 1.54) is 34.2 Å². The number of aryl methyl sites for hydroxylation is 1. The number of amides is 1. The Balaban J connectivity index is 1.53. The van der Waals surface area contributed by atoms with Crippen molar-refractivity contribution in [2.24, 2.45) is 0 Å². The normalized spacial score (nSPS) is 10.6. The molecule has 0 unspecified atom stereocenters. The number of hydrogen-bond donors (Lipinski definition) is 1. The fourth-order valence-corrected chi connectivity index (χ4v) is 4.20. The van der Waals surface area contributed by atoms with Gasteiger partial charge in [-0.15, -0.1) is 10.2 Å². The molecule has 1 N–H and O–H groups in total. The van der Waals surface area contributed by atoms with Crippen molar-refractivity contribution in [3.63, 3.8) is 0 Å². The molecular weight excluding hydrogens is 376 g/mol. The van der Waals surface area contributed by atoms with E-state index in [0.29, 0.717) is 12.3 Å². The molecule has 0 fully saturated rings. The van der Waals surface area contributed by atoms with Crippen LogP contribution in [0, 0.1) is 13.8 Å². The van der Waals surface area contributed by atoms with Gasteiger partial charge >= 0.3 is 0 Å². The molecule has 3 aromatic rings. The van der Waals surface area contributed by atoms with Crippen molar-refractivity contribution < 1.29 is 4.79 Å². The molecule has 0 aliphatic carbocycles. The lowest BCUT2D eigenvalue weighted by molar-refractivity contribution is -0.127. The third-order valence-corrected chi connectivity index (χ3v) is 6.22. The molecular formula is C20H22N4OS2. The molecule has 0 radical (unpaired) electrons. The molecule has 1 heterocycles. The zero-order valence-corrected chi connectivity index (χ0v) is 17.2. The summed E-state index contributed by atoms with van der Waals surface area (Å²) in [6, 6.07) is 16.1. The summed E-state index contributed by atoms with van der Waals surface area (Å²) in [7, 11) is 1.82. The Kier molecular flexibility index (Phi) is 6.47. The SMILES string of the molecule is Cc1cccc(Nc2nnc(SCC(=O)N(C)Cc3ccccc3)s2)c1C. The van der Waals surface area contributed by atoms with Gasteiger partial charge in [-0.25, -0.2) is 0 Å². The third kappa shape index (κ3) is 5.30. The highest BCUT2D eigenvalue weighted by atomic mass is 32.2. The molecule has 0 atom stereocenters. The average Bonchev–Trinajstić information content (AvgIpc) is 3.12. The summed E-state index contributed by atoms with van der Waals surface area (Å²) in [5.41, 5.74) is 4.57. The Morgan fingerprint density at radius 3 is 2.67 bits per heavy atom. The largest absolute Gasteiger partial charge is 0.341 e. The Morgan fingerprint density at radius 2 is 1.89 bits per heavy atom. The first-order valence-corrected chi connectivity index (χ1v) is 10.4. The van der Waals surface area contributed by atoms with Gasteiger partial charge in [-0.1, -0.05) is 65.6 Å². The fourth-order valence-electron chi connectivity index (χ4n) is 2.50. The van der Waals surface area contributed by atoms with Gasteiger partial charge in [-0.2, -0.15) is 0 Å². The van der Waals surface area contributed by atoms with Crippen molar-refractivity contribution in [3.8, 4) is 0 Å². The van der Waals surface area contributed by atoms with E-state index in [2.05, 4.69) is 35.4 Å². The number of thioether (sulfide) groups is 1. The van der Waals surface area contributed by atoms with Gasteiger partial charge in [-0.3, -0.25) is 4.79 Å². The average molecular weight is 399 g/mol. The highest BCUT2D eigenvalue weighted by Gasteiger charge is 2.13. The number of rotatable bonds is 7. The summed E-state index contributed by atoms with van der Waals surface area (Å²) in [6.07, 6.45) is 0. The van der Waals surface area contributed by atoms with Crippen LogP contribution in [0.3, 0.4) is 0 Å². The molecule has 0 saturated carbocycles. The second-order valence-corrected chi connectivity index (χ2v) is 8.47. The first-order chi connectivity index (χ1) is 13.0. The van der Waals surface area contributed by atoms with Crippen LogP contribution in [0.5, 0.6) is 0 Å². The molecule has 0 aliphatic heterocycles. The lowest BCUT2D eigenvalue weighted by Crippen LogP contribution is -2.27.